The molecule has 1 aromatic heterocycles. The van der Waals surface area contributed by atoms with Crippen molar-refractivity contribution in [2.75, 3.05) is 19.7 Å². The molecule has 1 aliphatic heterocycles. The summed E-state index contributed by atoms with van der Waals surface area (Å²) in [6.07, 6.45) is 2.08. The van der Waals surface area contributed by atoms with Crippen molar-refractivity contribution >= 4 is 26.0 Å². The van der Waals surface area contributed by atoms with Crippen molar-refractivity contribution in [3.05, 3.63) is 47.1 Å². The number of hydrogen-bond donors (Lipinski definition) is 0. The second-order valence-corrected chi connectivity index (χ2v) is 8.46. The van der Waals surface area contributed by atoms with E-state index in [1.165, 1.54) is 4.31 Å². The van der Waals surface area contributed by atoms with E-state index in [1.807, 2.05) is 13.0 Å². The van der Waals surface area contributed by atoms with Gasteiger partial charge >= 0.3 is 0 Å². The van der Waals surface area contributed by atoms with Crippen LogP contribution in [0.25, 0.3) is 0 Å². The van der Waals surface area contributed by atoms with Gasteiger partial charge in [0.25, 0.3) is 0 Å². The summed E-state index contributed by atoms with van der Waals surface area (Å²) >= 11 is 3.32. The normalized spacial score (nSPS) is 18.2. The van der Waals surface area contributed by atoms with Crippen molar-refractivity contribution in [3.63, 3.8) is 0 Å². The van der Waals surface area contributed by atoms with E-state index in [4.69, 9.17) is 9.47 Å². The summed E-state index contributed by atoms with van der Waals surface area (Å²) in [6, 6.07) is 10.1. The van der Waals surface area contributed by atoms with Gasteiger partial charge in [-0.05, 0) is 59.6 Å². The molecule has 0 radical (unpaired) electrons. The van der Waals surface area contributed by atoms with E-state index in [1.54, 1.807) is 36.5 Å². The monoisotopic (exact) mass is 426 g/mol. The van der Waals surface area contributed by atoms with E-state index in [9.17, 15) is 8.42 Å². The first-order chi connectivity index (χ1) is 12.0. The molecular formula is C17H19BrN2O4S. The topological polar surface area (TPSA) is 68.7 Å². The molecule has 1 unspecified atom stereocenters. The molecule has 6 nitrogen and oxygen atoms in total. The highest BCUT2D eigenvalue weighted by atomic mass is 79.9. The Hall–Kier alpha value is -1.64. The lowest BCUT2D eigenvalue weighted by Gasteiger charge is -2.17. The van der Waals surface area contributed by atoms with Crippen molar-refractivity contribution in [3.8, 4) is 11.6 Å². The summed E-state index contributed by atoms with van der Waals surface area (Å²) in [5.41, 5.74) is 0. The Balaban J connectivity index is 1.66. The highest BCUT2D eigenvalue weighted by Gasteiger charge is 2.33. The van der Waals surface area contributed by atoms with Crippen molar-refractivity contribution in [2.45, 2.75) is 24.3 Å². The van der Waals surface area contributed by atoms with E-state index in [2.05, 4.69) is 20.9 Å². The molecule has 0 bridgehead atoms. The SMILES string of the molecule is CCOc1ccc(S(=O)(=O)N2CCC(Oc3ccc(Br)cn3)C2)cc1. The lowest BCUT2D eigenvalue weighted by molar-refractivity contribution is 0.207. The van der Waals surface area contributed by atoms with Crippen LogP contribution >= 0.6 is 15.9 Å². The molecule has 8 heteroatoms. The average molecular weight is 427 g/mol. The number of ether oxygens (including phenoxy) is 2. The minimum Gasteiger partial charge on any atom is -0.494 e. The summed E-state index contributed by atoms with van der Waals surface area (Å²) in [7, 11) is -3.53. The molecule has 2 aromatic rings. The molecule has 2 heterocycles. The molecule has 134 valence electrons. The van der Waals surface area contributed by atoms with E-state index in [-0.39, 0.29) is 11.0 Å². The molecule has 0 aliphatic carbocycles. The van der Waals surface area contributed by atoms with Gasteiger partial charge < -0.3 is 9.47 Å². The fourth-order valence-electron chi connectivity index (χ4n) is 2.64. The van der Waals surface area contributed by atoms with Gasteiger partial charge in [0.05, 0.1) is 18.0 Å². The lowest BCUT2D eigenvalue weighted by atomic mass is 10.3. The van der Waals surface area contributed by atoms with Crippen molar-refractivity contribution in [1.82, 2.24) is 9.29 Å². The summed E-state index contributed by atoms with van der Waals surface area (Å²) < 4.78 is 39.0. The summed E-state index contributed by atoms with van der Waals surface area (Å²) in [4.78, 5) is 4.43. The molecule has 1 atom stereocenters. The van der Waals surface area contributed by atoms with Gasteiger partial charge in [-0.15, -0.1) is 0 Å². The lowest BCUT2D eigenvalue weighted by Crippen LogP contribution is -2.31. The highest BCUT2D eigenvalue weighted by Crippen LogP contribution is 2.25. The van der Waals surface area contributed by atoms with E-state index >= 15 is 0 Å². The van der Waals surface area contributed by atoms with E-state index in [0.717, 1.165) is 4.47 Å². The quantitative estimate of drug-likeness (QED) is 0.709. The summed E-state index contributed by atoms with van der Waals surface area (Å²) in [5.74, 6) is 1.15. The number of rotatable bonds is 6. The first-order valence-corrected chi connectivity index (χ1v) is 10.2. The maximum atomic E-state index is 12.8. The van der Waals surface area contributed by atoms with Crippen LogP contribution in [0.2, 0.25) is 0 Å². The fourth-order valence-corrected chi connectivity index (χ4v) is 4.36. The van der Waals surface area contributed by atoms with E-state index in [0.29, 0.717) is 37.7 Å². The second-order valence-electron chi connectivity index (χ2n) is 5.61. The Kier molecular flexibility index (Phi) is 5.61. The Bertz CT molecular complexity index is 810. The molecular weight excluding hydrogens is 408 g/mol. The van der Waals surface area contributed by atoms with Gasteiger partial charge in [0.2, 0.25) is 15.9 Å². The molecule has 1 aliphatic rings. The van der Waals surface area contributed by atoms with Gasteiger partial charge in [0, 0.05) is 23.3 Å². The number of sulfonamides is 1. The smallest absolute Gasteiger partial charge is 0.243 e. The Morgan fingerprint density at radius 3 is 2.64 bits per heavy atom. The number of benzene rings is 1. The number of halogens is 1. The van der Waals surface area contributed by atoms with Crippen LogP contribution in [0.15, 0.2) is 52.0 Å². The van der Waals surface area contributed by atoms with Crippen LogP contribution in [-0.2, 0) is 10.0 Å². The maximum absolute atomic E-state index is 12.8. The average Bonchev–Trinajstić information content (AvgIpc) is 3.07. The standard InChI is InChI=1S/C17H19BrN2O4S/c1-2-23-14-4-6-16(7-5-14)25(21,22)20-10-9-15(12-20)24-17-8-3-13(18)11-19-17/h3-8,11,15H,2,9-10,12H2,1H3. The van der Waals surface area contributed by atoms with Crippen LogP contribution in [0.1, 0.15) is 13.3 Å². The molecule has 0 saturated carbocycles. The molecule has 1 saturated heterocycles. The zero-order valence-corrected chi connectivity index (χ0v) is 16.2. The largest absolute Gasteiger partial charge is 0.494 e. The van der Waals surface area contributed by atoms with Gasteiger partial charge in [-0.2, -0.15) is 4.31 Å². The molecule has 0 N–H and O–H groups in total. The highest BCUT2D eigenvalue weighted by molar-refractivity contribution is 9.10. The van der Waals surface area contributed by atoms with Crippen molar-refractivity contribution < 1.29 is 17.9 Å². The van der Waals surface area contributed by atoms with Crippen molar-refractivity contribution in [2.24, 2.45) is 0 Å². The molecule has 0 amide bonds. The second kappa shape index (κ2) is 7.72. The summed E-state index contributed by atoms with van der Waals surface area (Å²) in [6.45, 7) is 3.17. The predicted molar refractivity (Wildman–Crippen MR) is 97.3 cm³/mol. The minimum absolute atomic E-state index is 0.203. The van der Waals surface area contributed by atoms with Gasteiger partial charge in [-0.3, -0.25) is 0 Å². The van der Waals surface area contributed by atoms with Crippen molar-refractivity contribution in [1.29, 1.82) is 0 Å². The molecule has 25 heavy (non-hydrogen) atoms. The number of pyridine rings is 1. The van der Waals surface area contributed by atoms with Gasteiger partial charge in [0.1, 0.15) is 11.9 Å². The third kappa shape index (κ3) is 4.31. The van der Waals surface area contributed by atoms with Crippen LogP contribution in [0.4, 0.5) is 0 Å². The third-order valence-electron chi connectivity index (χ3n) is 3.87. The molecule has 0 spiro atoms. The van der Waals surface area contributed by atoms with E-state index < -0.39 is 10.0 Å². The Morgan fingerprint density at radius 1 is 1.24 bits per heavy atom. The van der Waals surface area contributed by atoms with Gasteiger partial charge in [0.15, 0.2) is 0 Å². The summed E-state index contributed by atoms with van der Waals surface area (Å²) in [5, 5.41) is 0. The Labute approximate surface area is 156 Å². The third-order valence-corrected chi connectivity index (χ3v) is 6.22. The van der Waals surface area contributed by atoms with Crippen LogP contribution in [0, 0.1) is 0 Å². The van der Waals surface area contributed by atoms with Crippen LogP contribution in [0.3, 0.4) is 0 Å². The minimum atomic E-state index is -3.53. The predicted octanol–water partition coefficient (Wildman–Crippen LogP) is 3.08. The van der Waals surface area contributed by atoms with Crippen LogP contribution in [0.5, 0.6) is 11.6 Å². The Morgan fingerprint density at radius 2 is 2.00 bits per heavy atom. The van der Waals surface area contributed by atoms with Crippen LogP contribution in [-0.4, -0.2) is 43.5 Å². The zero-order chi connectivity index (χ0) is 17.9. The number of aromatic nitrogens is 1. The number of nitrogens with zero attached hydrogens (tertiary/aromatic N) is 2. The zero-order valence-electron chi connectivity index (χ0n) is 13.8. The van der Waals surface area contributed by atoms with Gasteiger partial charge in [-0.1, -0.05) is 0 Å². The number of hydrogen-bond acceptors (Lipinski definition) is 5. The molecule has 1 fully saturated rings. The van der Waals surface area contributed by atoms with Crippen LogP contribution < -0.4 is 9.47 Å². The maximum Gasteiger partial charge on any atom is 0.243 e. The first kappa shape index (κ1) is 18.2. The fraction of sp³-hybridized carbons (Fsp3) is 0.353. The molecule has 3 rings (SSSR count). The molecule has 1 aromatic carbocycles. The van der Waals surface area contributed by atoms with Gasteiger partial charge in [-0.25, -0.2) is 13.4 Å². The first-order valence-electron chi connectivity index (χ1n) is 8.00.